The van der Waals surface area contributed by atoms with Crippen LogP contribution in [0.5, 0.6) is 17.2 Å². The number of carbonyl (C=O) groups excluding carboxylic acids is 1. The smallest absolute Gasteiger partial charge is 0.415 e. The molecular formula is C29H32N2O4. The lowest BCUT2D eigenvalue weighted by atomic mass is 9.42. The fourth-order valence-corrected chi connectivity index (χ4v) is 8.86. The molecule has 9 rings (SSSR count). The predicted molar refractivity (Wildman–Crippen MR) is 130 cm³/mol. The molecule has 0 unspecified atom stereocenters. The second-order valence-electron chi connectivity index (χ2n) is 11.8. The number of piperidine rings is 1. The molecule has 6 heteroatoms. The highest BCUT2D eigenvalue weighted by atomic mass is 16.6. The van der Waals surface area contributed by atoms with Crippen LogP contribution in [-0.2, 0) is 11.8 Å². The van der Waals surface area contributed by atoms with E-state index >= 15 is 0 Å². The summed E-state index contributed by atoms with van der Waals surface area (Å²) < 4.78 is 12.6. The van der Waals surface area contributed by atoms with E-state index in [0.717, 1.165) is 44.6 Å². The monoisotopic (exact) mass is 472 g/mol. The van der Waals surface area contributed by atoms with E-state index < -0.39 is 0 Å². The number of phenolic OH excluding ortho intramolecular Hbond substituents is 1. The van der Waals surface area contributed by atoms with Crippen LogP contribution in [0.3, 0.4) is 0 Å². The van der Waals surface area contributed by atoms with Crippen molar-refractivity contribution in [3.63, 3.8) is 0 Å². The Bertz CT molecular complexity index is 1210. The largest absolute Gasteiger partial charge is 0.504 e. The number of para-hydroxylation sites is 1. The maximum Gasteiger partial charge on any atom is 0.415 e. The Morgan fingerprint density at radius 2 is 1.91 bits per heavy atom. The Labute approximate surface area is 205 Å². The zero-order valence-electron chi connectivity index (χ0n) is 20.0. The maximum atomic E-state index is 13.5. The number of phenols is 1. The zero-order chi connectivity index (χ0) is 23.4. The summed E-state index contributed by atoms with van der Waals surface area (Å²) in [6, 6.07) is 13.8. The minimum absolute atomic E-state index is 0.0461. The van der Waals surface area contributed by atoms with Gasteiger partial charge < -0.3 is 19.5 Å². The highest BCUT2D eigenvalue weighted by Gasteiger charge is 2.74. The molecule has 7 aliphatic rings. The fraction of sp³-hybridized carbons (Fsp3) is 0.552. The van der Waals surface area contributed by atoms with Crippen LogP contribution in [0.4, 0.5) is 4.79 Å². The van der Waals surface area contributed by atoms with E-state index in [-0.39, 0.29) is 34.8 Å². The summed E-state index contributed by atoms with van der Waals surface area (Å²) in [4.78, 5) is 18.3. The second kappa shape index (κ2) is 6.94. The minimum Gasteiger partial charge on any atom is -0.504 e. The van der Waals surface area contributed by atoms with Gasteiger partial charge in [0.05, 0.1) is 6.04 Å². The van der Waals surface area contributed by atoms with E-state index in [9.17, 15) is 9.90 Å². The second-order valence-corrected chi connectivity index (χ2v) is 11.8. The SMILES string of the molecule is O=C(Oc1ccccc1)N1CC[C@@]23CC[C@@H]1[C@@H]1Oc4c(O)ccc5c4[C@@]12CCN(CC1CC1)[C@@H]3C5. The van der Waals surface area contributed by atoms with Crippen LogP contribution in [0.2, 0.25) is 0 Å². The Balaban J connectivity index is 1.25. The van der Waals surface area contributed by atoms with Crippen molar-refractivity contribution in [2.24, 2.45) is 11.3 Å². The Morgan fingerprint density at radius 1 is 1.06 bits per heavy atom. The normalized spacial score (nSPS) is 36.3. The Morgan fingerprint density at radius 3 is 2.74 bits per heavy atom. The number of ether oxygens (including phenoxy) is 2. The zero-order valence-corrected chi connectivity index (χ0v) is 20.0. The third kappa shape index (κ3) is 2.56. The van der Waals surface area contributed by atoms with Gasteiger partial charge in [-0.3, -0.25) is 4.90 Å². The van der Waals surface area contributed by atoms with Gasteiger partial charge >= 0.3 is 6.09 Å². The number of hydrogen-bond donors (Lipinski definition) is 1. The topological polar surface area (TPSA) is 62.2 Å². The van der Waals surface area contributed by atoms with Gasteiger partial charge in [-0.1, -0.05) is 24.3 Å². The molecule has 4 bridgehead atoms. The average Bonchev–Trinajstić information content (AvgIpc) is 3.65. The summed E-state index contributed by atoms with van der Waals surface area (Å²) in [7, 11) is 0. The molecule has 4 aliphatic heterocycles. The van der Waals surface area contributed by atoms with Crippen molar-refractivity contribution >= 4 is 6.09 Å². The van der Waals surface area contributed by atoms with Crippen LogP contribution < -0.4 is 9.47 Å². The molecule has 182 valence electrons. The molecule has 3 saturated heterocycles. The van der Waals surface area contributed by atoms with Gasteiger partial charge in [0.1, 0.15) is 11.9 Å². The molecule has 4 heterocycles. The lowest BCUT2D eigenvalue weighted by Gasteiger charge is -2.65. The Kier molecular flexibility index (Phi) is 4.06. The summed E-state index contributed by atoms with van der Waals surface area (Å²) in [6.07, 6.45) is 7.38. The maximum absolute atomic E-state index is 13.5. The molecule has 2 spiro atoms. The fourth-order valence-electron chi connectivity index (χ4n) is 8.86. The van der Waals surface area contributed by atoms with Gasteiger partial charge in [0.15, 0.2) is 11.5 Å². The lowest BCUT2D eigenvalue weighted by molar-refractivity contribution is -0.129. The number of amides is 1. The lowest BCUT2D eigenvalue weighted by Crippen LogP contribution is -2.72. The molecule has 2 aromatic rings. The number of likely N-dealkylation sites (tertiary alicyclic amines) is 1. The molecule has 1 amide bonds. The van der Waals surface area contributed by atoms with Crippen molar-refractivity contribution in [1.82, 2.24) is 9.80 Å². The molecular weight excluding hydrogens is 440 g/mol. The van der Waals surface area contributed by atoms with Crippen molar-refractivity contribution in [1.29, 1.82) is 0 Å². The van der Waals surface area contributed by atoms with Crippen LogP contribution in [0.15, 0.2) is 42.5 Å². The summed E-state index contributed by atoms with van der Waals surface area (Å²) in [5.41, 5.74) is 2.55. The number of carbonyl (C=O) groups is 1. The van der Waals surface area contributed by atoms with Gasteiger partial charge in [0, 0.05) is 35.5 Å². The molecule has 2 aromatic carbocycles. The van der Waals surface area contributed by atoms with Crippen LogP contribution >= 0.6 is 0 Å². The van der Waals surface area contributed by atoms with Crippen molar-refractivity contribution < 1.29 is 19.4 Å². The summed E-state index contributed by atoms with van der Waals surface area (Å²) in [5.74, 6) is 2.37. The first-order chi connectivity index (χ1) is 17.1. The first-order valence-electron chi connectivity index (χ1n) is 13.4. The molecule has 2 saturated carbocycles. The third-order valence-corrected chi connectivity index (χ3v) is 10.4. The van der Waals surface area contributed by atoms with Crippen LogP contribution in [0.25, 0.3) is 0 Å². The predicted octanol–water partition coefficient (Wildman–Crippen LogP) is 4.48. The van der Waals surface area contributed by atoms with Gasteiger partial charge in [0.25, 0.3) is 0 Å². The van der Waals surface area contributed by atoms with Gasteiger partial charge in [-0.25, -0.2) is 4.79 Å². The minimum atomic E-state index is -0.276. The summed E-state index contributed by atoms with van der Waals surface area (Å²) >= 11 is 0. The van der Waals surface area contributed by atoms with Gasteiger partial charge in [-0.05, 0) is 81.2 Å². The number of aromatic hydroxyl groups is 1. The van der Waals surface area contributed by atoms with E-state index in [1.165, 1.54) is 30.5 Å². The van der Waals surface area contributed by atoms with E-state index in [4.69, 9.17) is 9.47 Å². The van der Waals surface area contributed by atoms with Crippen molar-refractivity contribution in [3.05, 3.63) is 53.6 Å². The first-order valence-corrected chi connectivity index (χ1v) is 13.4. The van der Waals surface area contributed by atoms with Gasteiger partial charge in [0.2, 0.25) is 0 Å². The number of rotatable bonds is 3. The highest BCUT2D eigenvalue weighted by molar-refractivity contribution is 5.72. The molecule has 35 heavy (non-hydrogen) atoms. The summed E-state index contributed by atoms with van der Waals surface area (Å²) in [5, 5.41) is 10.9. The van der Waals surface area contributed by atoms with E-state index in [0.29, 0.717) is 24.1 Å². The van der Waals surface area contributed by atoms with Crippen LogP contribution in [0, 0.1) is 11.3 Å². The highest BCUT2D eigenvalue weighted by Crippen LogP contribution is 2.71. The number of nitrogens with zero attached hydrogens (tertiary/aromatic N) is 2. The molecule has 0 aromatic heterocycles. The number of fused-ring (bicyclic) bond motifs is 3. The molecule has 0 radical (unpaired) electrons. The molecule has 5 atom stereocenters. The molecule has 5 fully saturated rings. The van der Waals surface area contributed by atoms with E-state index in [1.807, 2.05) is 41.3 Å². The van der Waals surface area contributed by atoms with Crippen molar-refractivity contribution in [2.45, 2.75) is 68.5 Å². The van der Waals surface area contributed by atoms with Crippen LogP contribution in [0.1, 0.15) is 49.7 Å². The quantitative estimate of drug-likeness (QED) is 0.714. The van der Waals surface area contributed by atoms with Crippen LogP contribution in [-0.4, -0.2) is 58.8 Å². The van der Waals surface area contributed by atoms with E-state index in [2.05, 4.69) is 11.0 Å². The van der Waals surface area contributed by atoms with Crippen molar-refractivity contribution in [2.75, 3.05) is 19.6 Å². The first kappa shape index (κ1) is 20.5. The summed E-state index contributed by atoms with van der Waals surface area (Å²) in [6.45, 7) is 2.99. The molecule has 1 N–H and O–H groups in total. The number of benzene rings is 2. The average molecular weight is 473 g/mol. The molecule has 3 aliphatic carbocycles. The van der Waals surface area contributed by atoms with Gasteiger partial charge in [-0.15, -0.1) is 0 Å². The van der Waals surface area contributed by atoms with Gasteiger partial charge in [-0.2, -0.15) is 0 Å². The molecule has 6 nitrogen and oxygen atoms in total. The third-order valence-electron chi connectivity index (χ3n) is 10.4. The Hall–Kier alpha value is -2.73. The standard InChI is InChI=1S/C29H32N2O4/c32-22-9-8-19-16-23-28-11-10-21(31(15-12-28)27(33)34-20-4-2-1-3-5-20)26-29(28,24(19)25(22)35-26)13-14-30(23)17-18-6-7-18/h1-5,8-9,18,21,23,26,32H,6-7,10-17H2/t21-,23-,26+,28-,29+/m1/s1. The van der Waals surface area contributed by atoms with E-state index in [1.54, 1.807) is 0 Å². The number of hydrogen-bond acceptors (Lipinski definition) is 5. The van der Waals surface area contributed by atoms with Crippen molar-refractivity contribution in [3.8, 4) is 17.2 Å².